The van der Waals surface area contributed by atoms with E-state index < -0.39 is 60.1 Å². The number of carbonyl (C=O) groups is 3. The number of nitrogens with zero attached hydrogens (tertiary/aromatic N) is 1. The van der Waals surface area contributed by atoms with E-state index in [2.05, 4.69) is 0 Å². The Morgan fingerprint density at radius 1 is 1.24 bits per heavy atom. The van der Waals surface area contributed by atoms with Crippen LogP contribution in [0.25, 0.3) is 0 Å². The molecule has 0 saturated carbocycles. The molecule has 2 aliphatic rings. The Labute approximate surface area is 185 Å². The minimum absolute atomic E-state index is 0.0772. The number of benzene rings is 1. The Balaban J connectivity index is 1.82. The second-order valence-corrected chi connectivity index (χ2v) is 7.28. The number of rotatable bonds is 7. The van der Waals surface area contributed by atoms with Crippen LogP contribution in [0.3, 0.4) is 0 Å². The zero-order chi connectivity index (χ0) is 24.4. The Morgan fingerprint density at radius 3 is 2.61 bits per heavy atom. The predicted octanol–water partition coefficient (Wildman–Crippen LogP) is 1.93. The molecule has 0 bridgehead atoms. The van der Waals surface area contributed by atoms with Gasteiger partial charge >= 0.3 is 24.0 Å². The van der Waals surface area contributed by atoms with E-state index in [0.29, 0.717) is 12.5 Å². The van der Waals surface area contributed by atoms with Crippen molar-refractivity contribution in [2.45, 2.75) is 37.9 Å². The van der Waals surface area contributed by atoms with E-state index in [9.17, 15) is 31.9 Å². The standard InChI is InChI=1S/C20H20F4N2O7/c1-30-14-9-15(31-6-4-19(22,23)24)13(21)7-11(14)10-26-5-2-3-20(26)32-16(27)8-12(17(25)28)18(29)33-20/h7-9H,2-6,10H2,1H3,(H2,25,28)/t20-/m0/s1. The summed E-state index contributed by atoms with van der Waals surface area (Å²) in [5.74, 6) is -6.47. The molecule has 2 aliphatic heterocycles. The number of amides is 1. The van der Waals surface area contributed by atoms with Crippen molar-refractivity contribution in [3.63, 3.8) is 0 Å². The Bertz CT molecular complexity index is 995. The lowest BCUT2D eigenvalue weighted by Gasteiger charge is -2.35. The van der Waals surface area contributed by atoms with Crippen LogP contribution < -0.4 is 15.2 Å². The fraction of sp³-hybridized carbons (Fsp3) is 0.450. The van der Waals surface area contributed by atoms with Gasteiger partial charge in [-0.2, -0.15) is 13.2 Å². The molecule has 1 aromatic carbocycles. The van der Waals surface area contributed by atoms with Crippen LogP contribution in [0.15, 0.2) is 23.8 Å². The summed E-state index contributed by atoms with van der Waals surface area (Å²) in [6.45, 7) is -0.643. The molecular weight excluding hydrogens is 456 g/mol. The molecule has 180 valence electrons. The zero-order valence-electron chi connectivity index (χ0n) is 17.4. The minimum Gasteiger partial charge on any atom is -0.496 e. The van der Waals surface area contributed by atoms with Crippen molar-refractivity contribution in [2.75, 3.05) is 20.3 Å². The van der Waals surface area contributed by atoms with Crippen LogP contribution in [-0.4, -0.2) is 55.1 Å². The summed E-state index contributed by atoms with van der Waals surface area (Å²) >= 11 is 0. The van der Waals surface area contributed by atoms with Crippen LogP contribution >= 0.6 is 0 Å². The molecule has 1 amide bonds. The number of hydrogen-bond acceptors (Lipinski definition) is 8. The first-order chi connectivity index (χ1) is 15.4. The fourth-order valence-electron chi connectivity index (χ4n) is 3.49. The molecule has 33 heavy (non-hydrogen) atoms. The van der Waals surface area contributed by atoms with Crippen molar-refractivity contribution >= 4 is 17.8 Å². The van der Waals surface area contributed by atoms with Gasteiger partial charge in [0.05, 0.1) is 20.1 Å². The normalized spacial score (nSPS) is 21.3. The van der Waals surface area contributed by atoms with Gasteiger partial charge in [0, 0.05) is 37.2 Å². The maximum absolute atomic E-state index is 14.5. The highest BCUT2D eigenvalue weighted by atomic mass is 19.4. The number of nitrogens with two attached hydrogens (primary N) is 1. The molecule has 3 rings (SSSR count). The van der Waals surface area contributed by atoms with Gasteiger partial charge in [0.15, 0.2) is 11.6 Å². The van der Waals surface area contributed by atoms with E-state index in [1.54, 1.807) is 0 Å². The van der Waals surface area contributed by atoms with E-state index in [1.165, 1.54) is 12.0 Å². The number of carbonyl (C=O) groups excluding carboxylic acids is 3. The lowest BCUT2D eigenvalue weighted by Crippen LogP contribution is -2.49. The summed E-state index contributed by atoms with van der Waals surface area (Å²) < 4.78 is 72.2. The van der Waals surface area contributed by atoms with Crippen molar-refractivity contribution in [1.29, 1.82) is 0 Å². The van der Waals surface area contributed by atoms with Crippen molar-refractivity contribution < 1.29 is 50.9 Å². The highest BCUT2D eigenvalue weighted by Crippen LogP contribution is 2.38. The van der Waals surface area contributed by atoms with Crippen molar-refractivity contribution in [3.05, 3.63) is 35.2 Å². The number of halogens is 4. The topological polar surface area (TPSA) is 117 Å². The molecule has 0 aromatic heterocycles. The smallest absolute Gasteiger partial charge is 0.392 e. The predicted molar refractivity (Wildman–Crippen MR) is 101 cm³/mol. The number of ether oxygens (including phenoxy) is 4. The molecule has 1 atom stereocenters. The number of hydrogen-bond donors (Lipinski definition) is 1. The van der Waals surface area contributed by atoms with E-state index in [-0.39, 0.29) is 30.8 Å². The van der Waals surface area contributed by atoms with Crippen molar-refractivity contribution in [2.24, 2.45) is 5.73 Å². The SMILES string of the molecule is COc1cc(OCCC(F)(F)F)c(F)cc1CN1CCC[C@@]12OC(=O)C=C(C(N)=O)C(=O)O2. The molecule has 1 spiro atoms. The average molecular weight is 476 g/mol. The van der Waals surface area contributed by atoms with Gasteiger partial charge in [-0.05, 0) is 12.5 Å². The highest BCUT2D eigenvalue weighted by molar-refractivity contribution is 6.19. The molecule has 2 N–H and O–H groups in total. The third-order valence-electron chi connectivity index (χ3n) is 5.00. The van der Waals surface area contributed by atoms with E-state index in [4.69, 9.17) is 24.7 Å². The number of primary amides is 1. The van der Waals surface area contributed by atoms with Crippen LogP contribution in [0.5, 0.6) is 11.5 Å². The lowest BCUT2D eigenvalue weighted by atomic mass is 10.1. The lowest BCUT2D eigenvalue weighted by molar-refractivity contribution is -0.271. The highest BCUT2D eigenvalue weighted by Gasteiger charge is 2.51. The summed E-state index contributed by atoms with van der Waals surface area (Å²) in [6, 6.07) is 2.10. The number of alkyl halides is 3. The molecule has 0 radical (unpaired) electrons. The molecule has 1 saturated heterocycles. The third-order valence-corrected chi connectivity index (χ3v) is 5.00. The zero-order valence-corrected chi connectivity index (χ0v) is 17.4. The van der Waals surface area contributed by atoms with Gasteiger partial charge in [0.2, 0.25) is 0 Å². The molecule has 1 fully saturated rings. The van der Waals surface area contributed by atoms with Crippen LogP contribution in [0.4, 0.5) is 17.6 Å². The van der Waals surface area contributed by atoms with Crippen LogP contribution in [0.1, 0.15) is 24.8 Å². The van der Waals surface area contributed by atoms with E-state index in [0.717, 1.165) is 12.1 Å². The van der Waals surface area contributed by atoms with Crippen molar-refractivity contribution in [1.82, 2.24) is 4.90 Å². The first-order valence-corrected chi connectivity index (χ1v) is 9.73. The van der Waals surface area contributed by atoms with Gasteiger partial charge in [-0.25, -0.2) is 18.9 Å². The fourth-order valence-corrected chi connectivity index (χ4v) is 3.49. The van der Waals surface area contributed by atoms with Crippen molar-refractivity contribution in [3.8, 4) is 11.5 Å². The van der Waals surface area contributed by atoms with Crippen LogP contribution in [0.2, 0.25) is 0 Å². The molecule has 13 heteroatoms. The molecule has 1 aromatic rings. The molecule has 9 nitrogen and oxygen atoms in total. The van der Waals surface area contributed by atoms with E-state index >= 15 is 0 Å². The van der Waals surface area contributed by atoms with Gasteiger partial charge in [0.25, 0.3) is 5.91 Å². The minimum atomic E-state index is -4.46. The number of methoxy groups -OCH3 is 1. The molecule has 2 heterocycles. The van der Waals surface area contributed by atoms with Gasteiger partial charge in [0.1, 0.15) is 11.3 Å². The summed E-state index contributed by atoms with van der Waals surface area (Å²) in [7, 11) is 1.27. The Kier molecular flexibility index (Phi) is 6.81. The largest absolute Gasteiger partial charge is 0.496 e. The van der Waals surface area contributed by atoms with Gasteiger partial charge in [-0.3, -0.25) is 4.79 Å². The third kappa shape index (κ3) is 5.53. The summed E-state index contributed by atoms with van der Waals surface area (Å²) in [5, 5.41) is 0. The summed E-state index contributed by atoms with van der Waals surface area (Å²) in [6.07, 6.45) is -4.57. The molecule has 0 unspecified atom stereocenters. The van der Waals surface area contributed by atoms with Crippen LogP contribution in [0, 0.1) is 5.82 Å². The second kappa shape index (κ2) is 9.25. The monoisotopic (exact) mass is 476 g/mol. The number of likely N-dealkylation sites (tertiary alicyclic amines) is 1. The molecular formula is C20H20F4N2O7. The summed E-state index contributed by atoms with van der Waals surface area (Å²) in [4.78, 5) is 37.3. The molecule has 0 aliphatic carbocycles. The maximum Gasteiger partial charge on any atom is 0.392 e. The average Bonchev–Trinajstić information content (AvgIpc) is 3.00. The van der Waals surface area contributed by atoms with Gasteiger partial charge < -0.3 is 24.7 Å². The van der Waals surface area contributed by atoms with Gasteiger partial charge in [-0.15, -0.1) is 0 Å². The number of esters is 2. The second-order valence-electron chi connectivity index (χ2n) is 7.28. The summed E-state index contributed by atoms with van der Waals surface area (Å²) in [5.41, 5.74) is 4.65. The van der Waals surface area contributed by atoms with Gasteiger partial charge in [-0.1, -0.05) is 0 Å². The first kappa shape index (κ1) is 24.3. The van der Waals surface area contributed by atoms with Crippen LogP contribution in [-0.2, 0) is 30.4 Å². The first-order valence-electron chi connectivity index (χ1n) is 9.73. The van der Waals surface area contributed by atoms with E-state index in [1.807, 2.05) is 0 Å². The Morgan fingerprint density at radius 2 is 1.97 bits per heavy atom. The maximum atomic E-state index is 14.5. The quantitative estimate of drug-likeness (QED) is 0.361. The Hall–Kier alpha value is -3.35.